The molecule has 1 aliphatic rings. The van der Waals surface area contributed by atoms with Crippen LogP contribution in [0.5, 0.6) is 0 Å². The number of nitrogens with zero attached hydrogens (tertiary/aromatic N) is 3. The number of aromatic nitrogens is 2. The highest BCUT2D eigenvalue weighted by atomic mass is 16.2. The summed E-state index contributed by atoms with van der Waals surface area (Å²) in [5.41, 5.74) is 1.97. The minimum absolute atomic E-state index is 0.0913. The number of rotatable bonds is 5. The van der Waals surface area contributed by atoms with Crippen LogP contribution in [0.25, 0.3) is 10.8 Å². The molecule has 6 heteroatoms. The molecule has 0 aliphatic carbocycles. The van der Waals surface area contributed by atoms with Crippen LogP contribution in [-0.4, -0.2) is 28.8 Å². The second-order valence-corrected chi connectivity index (χ2v) is 8.29. The maximum absolute atomic E-state index is 13.0. The van der Waals surface area contributed by atoms with E-state index in [2.05, 4.69) is 22.2 Å². The first kappa shape index (κ1) is 20.1. The number of anilines is 1. The summed E-state index contributed by atoms with van der Waals surface area (Å²) in [4.78, 5) is 27.8. The summed E-state index contributed by atoms with van der Waals surface area (Å²) in [6.07, 6.45) is 2.31. The average Bonchev–Trinajstić information content (AvgIpc) is 2.75. The van der Waals surface area contributed by atoms with Gasteiger partial charge in [0.05, 0.1) is 5.39 Å². The van der Waals surface area contributed by atoms with Crippen LogP contribution in [0.2, 0.25) is 0 Å². The molecular formula is C24H28N4O2. The Morgan fingerprint density at radius 1 is 1.13 bits per heavy atom. The van der Waals surface area contributed by atoms with Gasteiger partial charge in [0, 0.05) is 25.0 Å². The van der Waals surface area contributed by atoms with Crippen molar-refractivity contribution in [2.24, 2.45) is 5.92 Å². The SMILES string of the molecule is Cc1ccc(CNC(=O)Cn2nc(N3CCC[C@@H](C)C3)c3ccccc3c2=O)cc1. The minimum atomic E-state index is -0.232. The summed E-state index contributed by atoms with van der Waals surface area (Å²) >= 11 is 0. The van der Waals surface area contributed by atoms with Crippen molar-refractivity contribution in [3.63, 3.8) is 0 Å². The van der Waals surface area contributed by atoms with Crippen molar-refractivity contribution in [1.29, 1.82) is 0 Å². The van der Waals surface area contributed by atoms with Crippen molar-refractivity contribution >= 4 is 22.5 Å². The van der Waals surface area contributed by atoms with Crippen LogP contribution < -0.4 is 15.8 Å². The van der Waals surface area contributed by atoms with Gasteiger partial charge in [-0.15, -0.1) is 0 Å². The Morgan fingerprint density at radius 3 is 2.60 bits per heavy atom. The monoisotopic (exact) mass is 404 g/mol. The van der Waals surface area contributed by atoms with Gasteiger partial charge in [0.2, 0.25) is 5.91 Å². The average molecular weight is 405 g/mol. The number of carbonyl (C=O) groups is 1. The predicted molar refractivity (Wildman–Crippen MR) is 120 cm³/mol. The molecule has 0 radical (unpaired) electrons. The van der Waals surface area contributed by atoms with E-state index in [4.69, 9.17) is 0 Å². The van der Waals surface area contributed by atoms with Crippen molar-refractivity contribution in [1.82, 2.24) is 15.1 Å². The molecule has 0 bridgehead atoms. The van der Waals surface area contributed by atoms with Gasteiger partial charge in [-0.2, -0.15) is 5.10 Å². The number of fused-ring (bicyclic) bond motifs is 1. The molecule has 4 rings (SSSR count). The van der Waals surface area contributed by atoms with Crippen molar-refractivity contribution in [2.75, 3.05) is 18.0 Å². The molecule has 1 aromatic heterocycles. The fourth-order valence-corrected chi connectivity index (χ4v) is 4.04. The number of amides is 1. The van der Waals surface area contributed by atoms with Gasteiger partial charge in [-0.05, 0) is 37.3 Å². The molecular weight excluding hydrogens is 376 g/mol. The number of hydrogen-bond acceptors (Lipinski definition) is 4. The van der Waals surface area contributed by atoms with Crippen LogP contribution in [0, 0.1) is 12.8 Å². The van der Waals surface area contributed by atoms with Crippen LogP contribution in [0.1, 0.15) is 30.9 Å². The van der Waals surface area contributed by atoms with Crippen molar-refractivity contribution in [2.45, 2.75) is 39.8 Å². The molecule has 0 saturated carbocycles. The van der Waals surface area contributed by atoms with E-state index in [1.807, 2.05) is 55.5 Å². The van der Waals surface area contributed by atoms with Crippen molar-refractivity contribution in [3.05, 3.63) is 70.0 Å². The lowest BCUT2D eigenvalue weighted by Gasteiger charge is -2.32. The molecule has 0 spiro atoms. The molecule has 2 aromatic carbocycles. The van der Waals surface area contributed by atoms with E-state index in [9.17, 15) is 9.59 Å². The Morgan fingerprint density at radius 2 is 1.87 bits per heavy atom. The normalized spacial score (nSPS) is 16.6. The van der Waals surface area contributed by atoms with Gasteiger partial charge in [-0.25, -0.2) is 4.68 Å². The molecule has 1 atom stereocenters. The van der Waals surface area contributed by atoms with Gasteiger partial charge < -0.3 is 10.2 Å². The summed E-state index contributed by atoms with van der Waals surface area (Å²) in [5, 5.41) is 8.99. The lowest BCUT2D eigenvalue weighted by atomic mass is 10.00. The molecule has 156 valence electrons. The summed E-state index contributed by atoms with van der Waals surface area (Å²) in [6, 6.07) is 15.6. The van der Waals surface area contributed by atoms with Crippen LogP contribution in [0.15, 0.2) is 53.3 Å². The van der Waals surface area contributed by atoms with Gasteiger partial charge in [0.25, 0.3) is 5.56 Å². The lowest BCUT2D eigenvalue weighted by molar-refractivity contribution is -0.122. The maximum atomic E-state index is 13.0. The van der Waals surface area contributed by atoms with Gasteiger partial charge in [0.1, 0.15) is 6.54 Å². The Balaban J connectivity index is 1.58. The first-order valence-electron chi connectivity index (χ1n) is 10.6. The number of benzene rings is 2. The van der Waals surface area contributed by atoms with E-state index in [1.54, 1.807) is 0 Å². The molecule has 1 N–H and O–H groups in total. The van der Waals surface area contributed by atoms with Crippen LogP contribution >= 0.6 is 0 Å². The highest BCUT2D eigenvalue weighted by molar-refractivity contribution is 5.91. The molecule has 6 nitrogen and oxygen atoms in total. The van der Waals surface area contributed by atoms with Gasteiger partial charge in [0.15, 0.2) is 5.82 Å². The van der Waals surface area contributed by atoms with Crippen molar-refractivity contribution in [3.8, 4) is 0 Å². The van der Waals surface area contributed by atoms with E-state index in [1.165, 1.54) is 16.7 Å². The minimum Gasteiger partial charge on any atom is -0.354 e. The third-order valence-electron chi connectivity index (χ3n) is 5.71. The first-order chi connectivity index (χ1) is 14.5. The fourth-order valence-electron chi connectivity index (χ4n) is 4.04. The topological polar surface area (TPSA) is 67.2 Å². The van der Waals surface area contributed by atoms with Gasteiger partial charge in [-0.1, -0.05) is 55.0 Å². The molecule has 2 heterocycles. The zero-order valence-electron chi connectivity index (χ0n) is 17.6. The molecule has 3 aromatic rings. The Labute approximate surface area is 176 Å². The quantitative estimate of drug-likeness (QED) is 0.709. The van der Waals surface area contributed by atoms with Crippen LogP contribution in [0.4, 0.5) is 5.82 Å². The second kappa shape index (κ2) is 8.69. The number of hydrogen-bond donors (Lipinski definition) is 1. The summed E-state index contributed by atoms with van der Waals surface area (Å²) in [5.74, 6) is 1.15. The number of aryl methyl sites for hydroxylation is 1. The predicted octanol–water partition coefficient (Wildman–Crippen LogP) is 3.26. The molecule has 30 heavy (non-hydrogen) atoms. The van der Waals surface area contributed by atoms with Crippen LogP contribution in [0.3, 0.4) is 0 Å². The highest BCUT2D eigenvalue weighted by Crippen LogP contribution is 2.26. The summed E-state index contributed by atoms with van der Waals surface area (Å²) in [6.45, 7) is 6.43. The third kappa shape index (κ3) is 4.37. The smallest absolute Gasteiger partial charge is 0.275 e. The zero-order chi connectivity index (χ0) is 21.1. The first-order valence-corrected chi connectivity index (χ1v) is 10.6. The summed E-state index contributed by atoms with van der Waals surface area (Å²) < 4.78 is 1.31. The molecule has 1 aliphatic heterocycles. The fraction of sp³-hybridized carbons (Fsp3) is 0.375. The van der Waals surface area contributed by atoms with E-state index in [0.717, 1.165) is 36.3 Å². The Hall–Kier alpha value is -3.15. The van der Waals surface area contributed by atoms with E-state index >= 15 is 0 Å². The standard InChI is InChI=1S/C24H28N4O2/c1-17-9-11-19(12-10-17)14-25-22(29)16-28-24(30)21-8-4-3-7-20(21)23(26-28)27-13-5-6-18(2)15-27/h3-4,7-12,18H,5-6,13-16H2,1-2H3,(H,25,29)/t18-/m1/s1. The largest absolute Gasteiger partial charge is 0.354 e. The number of nitrogens with one attached hydrogen (secondary N) is 1. The maximum Gasteiger partial charge on any atom is 0.275 e. The van der Waals surface area contributed by atoms with E-state index in [-0.39, 0.29) is 18.0 Å². The highest BCUT2D eigenvalue weighted by Gasteiger charge is 2.22. The second-order valence-electron chi connectivity index (χ2n) is 8.29. The zero-order valence-corrected chi connectivity index (χ0v) is 17.6. The van der Waals surface area contributed by atoms with Crippen LogP contribution in [-0.2, 0) is 17.9 Å². The molecule has 0 unspecified atom stereocenters. The van der Waals surface area contributed by atoms with Gasteiger partial charge >= 0.3 is 0 Å². The van der Waals surface area contributed by atoms with E-state index < -0.39 is 0 Å². The Bertz CT molecular complexity index is 1100. The summed E-state index contributed by atoms with van der Waals surface area (Å²) in [7, 11) is 0. The van der Waals surface area contributed by atoms with E-state index in [0.29, 0.717) is 17.8 Å². The Kier molecular flexibility index (Phi) is 5.84. The number of piperidine rings is 1. The molecule has 1 fully saturated rings. The van der Waals surface area contributed by atoms with Gasteiger partial charge in [-0.3, -0.25) is 9.59 Å². The lowest BCUT2D eigenvalue weighted by Crippen LogP contribution is -2.38. The third-order valence-corrected chi connectivity index (χ3v) is 5.71. The molecule has 1 saturated heterocycles. The molecule has 1 amide bonds. The number of carbonyl (C=O) groups excluding carboxylic acids is 1. The van der Waals surface area contributed by atoms with Crippen molar-refractivity contribution < 1.29 is 4.79 Å².